The van der Waals surface area contributed by atoms with E-state index in [0.717, 1.165) is 23.3 Å². The lowest BCUT2D eigenvalue weighted by molar-refractivity contribution is -0.148. The standard InChI is InChI=1S/C22H27NO4/c1-16(2)13-20(18-7-5-4-6-8-18)23-21(24)15-27-22(25)14-17-9-11-19(26-3)12-10-17/h4-12,16,20H,13-15H2,1-3H3,(H,23,24)/t20-/m0/s1. The minimum absolute atomic E-state index is 0.0982. The van der Waals surface area contributed by atoms with Crippen molar-refractivity contribution >= 4 is 11.9 Å². The van der Waals surface area contributed by atoms with Gasteiger partial charge in [0.1, 0.15) is 5.75 Å². The molecule has 1 N–H and O–H groups in total. The third-order valence-electron chi connectivity index (χ3n) is 4.12. The van der Waals surface area contributed by atoms with Crippen LogP contribution in [0, 0.1) is 5.92 Å². The molecular formula is C22H27NO4. The lowest BCUT2D eigenvalue weighted by Gasteiger charge is -2.21. The molecular weight excluding hydrogens is 342 g/mol. The molecule has 2 aromatic carbocycles. The molecule has 5 nitrogen and oxygen atoms in total. The summed E-state index contributed by atoms with van der Waals surface area (Å²) in [5.41, 5.74) is 1.85. The summed E-state index contributed by atoms with van der Waals surface area (Å²) >= 11 is 0. The van der Waals surface area contributed by atoms with Crippen molar-refractivity contribution in [3.8, 4) is 5.75 Å². The maximum Gasteiger partial charge on any atom is 0.310 e. The molecule has 0 saturated carbocycles. The van der Waals surface area contributed by atoms with Gasteiger partial charge in [0.2, 0.25) is 0 Å². The van der Waals surface area contributed by atoms with Gasteiger partial charge in [-0.15, -0.1) is 0 Å². The molecule has 2 aromatic rings. The Morgan fingerprint density at radius 3 is 2.26 bits per heavy atom. The van der Waals surface area contributed by atoms with Gasteiger partial charge in [-0.3, -0.25) is 9.59 Å². The number of amides is 1. The van der Waals surface area contributed by atoms with Gasteiger partial charge in [-0.1, -0.05) is 56.3 Å². The molecule has 5 heteroatoms. The zero-order valence-electron chi connectivity index (χ0n) is 16.1. The highest BCUT2D eigenvalue weighted by atomic mass is 16.5. The third-order valence-corrected chi connectivity index (χ3v) is 4.12. The van der Waals surface area contributed by atoms with Crippen LogP contribution in [0.4, 0.5) is 0 Å². The van der Waals surface area contributed by atoms with Crippen molar-refractivity contribution in [3.63, 3.8) is 0 Å². The molecule has 0 saturated heterocycles. The zero-order chi connectivity index (χ0) is 19.6. The van der Waals surface area contributed by atoms with Crippen molar-refractivity contribution in [3.05, 3.63) is 65.7 Å². The number of esters is 1. The number of hydrogen-bond acceptors (Lipinski definition) is 4. The topological polar surface area (TPSA) is 64.6 Å². The lowest BCUT2D eigenvalue weighted by atomic mass is 9.97. The number of ether oxygens (including phenoxy) is 2. The highest BCUT2D eigenvalue weighted by molar-refractivity contribution is 5.81. The third kappa shape index (κ3) is 7.13. The molecule has 0 unspecified atom stereocenters. The Labute approximate surface area is 160 Å². The van der Waals surface area contributed by atoms with Crippen LogP contribution in [-0.2, 0) is 20.7 Å². The van der Waals surface area contributed by atoms with E-state index in [1.807, 2.05) is 30.3 Å². The van der Waals surface area contributed by atoms with Crippen LogP contribution in [-0.4, -0.2) is 25.6 Å². The van der Waals surface area contributed by atoms with E-state index in [-0.39, 0.29) is 25.0 Å². The normalized spacial score (nSPS) is 11.7. The van der Waals surface area contributed by atoms with Gasteiger partial charge in [0.25, 0.3) is 5.91 Å². The van der Waals surface area contributed by atoms with Crippen molar-refractivity contribution in [2.75, 3.05) is 13.7 Å². The van der Waals surface area contributed by atoms with E-state index in [4.69, 9.17) is 9.47 Å². The predicted octanol–water partition coefficient (Wildman–Crippen LogP) is 3.68. The van der Waals surface area contributed by atoms with Crippen LogP contribution < -0.4 is 10.1 Å². The number of benzene rings is 2. The van der Waals surface area contributed by atoms with Gasteiger partial charge in [-0.25, -0.2) is 0 Å². The van der Waals surface area contributed by atoms with Gasteiger partial charge in [0.05, 0.1) is 19.6 Å². The van der Waals surface area contributed by atoms with Crippen LogP contribution in [0.5, 0.6) is 5.75 Å². The van der Waals surface area contributed by atoms with Crippen LogP contribution >= 0.6 is 0 Å². The molecule has 0 aliphatic heterocycles. The van der Waals surface area contributed by atoms with Crippen LogP contribution in [0.1, 0.15) is 37.4 Å². The van der Waals surface area contributed by atoms with Crippen LogP contribution in [0.3, 0.4) is 0 Å². The largest absolute Gasteiger partial charge is 0.497 e. The average molecular weight is 369 g/mol. The Morgan fingerprint density at radius 1 is 1.00 bits per heavy atom. The van der Waals surface area contributed by atoms with E-state index < -0.39 is 5.97 Å². The summed E-state index contributed by atoms with van der Waals surface area (Å²) in [6, 6.07) is 16.9. The first-order valence-electron chi connectivity index (χ1n) is 9.10. The lowest BCUT2D eigenvalue weighted by Crippen LogP contribution is -2.33. The van der Waals surface area contributed by atoms with Gasteiger partial charge in [0, 0.05) is 0 Å². The first kappa shape index (κ1) is 20.5. The molecule has 0 spiro atoms. The Hall–Kier alpha value is -2.82. The van der Waals surface area contributed by atoms with Crippen LogP contribution in [0.25, 0.3) is 0 Å². The molecule has 0 aromatic heterocycles. The molecule has 27 heavy (non-hydrogen) atoms. The zero-order valence-corrected chi connectivity index (χ0v) is 16.1. The van der Waals surface area contributed by atoms with Gasteiger partial charge < -0.3 is 14.8 Å². The van der Waals surface area contributed by atoms with Gasteiger partial charge in [-0.05, 0) is 35.6 Å². The first-order valence-corrected chi connectivity index (χ1v) is 9.10. The molecule has 0 aliphatic rings. The molecule has 0 fully saturated rings. The van der Waals surface area contributed by atoms with Crippen molar-refractivity contribution in [2.45, 2.75) is 32.7 Å². The minimum Gasteiger partial charge on any atom is -0.497 e. The second-order valence-electron chi connectivity index (χ2n) is 6.85. The van der Waals surface area contributed by atoms with Gasteiger partial charge in [-0.2, -0.15) is 0 Å². The SMILES string of the molecule is COc1ccc(CC(=O)OCC(=O)N[C@@H](CC(C)C)c2ccccc2)cc1. The number of carbonyl (C=O) groups excluding carboxylic acids is 2. The summed E-state index contributed by atoms with van der Waals surface area (Å²) < 4.78 is 10.2. The fourth-order valence-corrected chi connectivity index (χ4v) is 2.78. The second-order valence-corrected chi connectivity index (χ2v) is 6.85. The highest BCUT2D eigenvalue weighted by Crippen LogP contribution is 2.21. The van der Waals surface area contributed by atoms with Crippen molar-refractivity contribution in [1.29, 1.82) is 0 Å². The van der Waals surface area contributed by atoms with E-state index in [1.165, 1.54) is 0 Å². The smallest absolute Gasteiger partial charge is 0.310 e. The summed E-state index contributed by atoms with van der Waals surface area (Å²) in [7, 11) is 1.59. The van der Waals surface area contributed by atoms with Crippen molar-refractivity contribution in [1.82, 2.24) is 5.32 Å². The molecule has 1 atom stereocenters. The average Bonchev–Trinajstić information content (AvgIpc) is 2.67. The van der Waals surface area contributed by atoms with Crippen LogP contribution in [0.2, 0.25) is 0 Å². The first-order chi connectivity index (χ1) is 13.0. The number of hydrogen-bond donors (Lipinski definition) is 1. The quantitative estimate of drug-likeness (QED) is 0.685. The van der Waals surface area contributed by atoms with Crippen molar-refractivity contribution in [2.24, 2.45) is 5.92 Å². The monoisotopic (exact) mass is 369 g/mol. The molecule has 0 aliphatic carbocycles. The molecule has 2 rings (SSSR count). The van der Waals surface area contributed by atoms with E-state index in [9.17, 15) is 9.59 Å². The van der Waals surface area contributed by atoms with E-state index in [1.54, 1.807) is 31.4 Å². The maximum atomic E-state index is 12.2. The molecule has 0 heterocycles. The molecule has 0 radical (unpaired) electrons. The minimum atomic E-state index is -0.435. The van der Waals surface area contributed by atoms with E-state index in [0.29, 0.717) is 5.92 Å². The number of methoxy groups -OCH3 is 1. The fourth-order valence-electron chi connectivity index (χ4n) is 2.78. The maximum absolute atomic E-state index is 12.2. The van der Waals surface area contributed by atoms with Gasteiger partial charge >= 0.3 is 5.97 Å². The predicted molar refractivity (Wildman–Crippen MR) is 104 cm³/mol. The highest BCUT2D eigenvalue weighted by Gasteiger charge is 2.17. The fraction of sp³-hybridized carbons (Fsp3) is 0.364. The Morgan fingerprint density at radius 2 is 1.67 bits per heavy atom. The van der Waals surface area contributed by atoms with E-state index in [2.05, 4.69) is 19.2 Å². The molecule has 144 valence electrons. The van der Waals surface area contributed by atoms with E-state index >= 15 is 0 Å². The van der Waals surface area contributed by atoms with Crippen molar-refractivity contribution < 1.29 is 19.1 Å². The summed E-state index contributed by atoms with van der Waals surface area (Å²) in [6.45, 7) is 3.93. The molecule has 1 amide bonds. The van der Waals surface area contributed by atoms with Crippen LogP contribution in [0.15, 0.2) is 54.6 Å². The Bertz CT molecular complexity index is 726. The molecule has 0 bridgehead atoms. The summed E-state index contributed by atoms with van der Waals surface area (Å²) in [4.78, 5) is 24.2. The summed E-state index contributed by atoms with van der Waals surface area (Å²) in [5, 5.41) is 2.97. The summed E-state index contributed by atoms with van der Waals surface area (Å²) in [6.07, 6.45) is 0.931. The second kappa shape index (κ2) is 10.4. The number of rotatable bonds is 9. The summed E-state index contributed by atoms with van der Waals surface area (Å²) in [5.74, 6) is 0.416. The Kier molecular flexibility index (Phi) is 7.86. The Balaban J connectivity index is 1.84. The number of nitrogens with one attached hydrogen (secondary N) is 1. The number of carbonyl (C=O) groups is 2. The van der Waals surface area contributed by atoms with Gasteiger partial charge in [0.15, 0.2) is 6.61 Å².